The van der Waals surface area contributed by atoms with Gasteiger partial charge in [0.25, 0.3) is 0 Å². The van der Waals surface area contributed by atoms with E-state index < -0.39 is 17.5 Å². The molecule has 0 amide bonds. The Labute approximate surface area is 112 Å². The normalized spacial score (nSPS) is 12.9. The zero-order valence-electron chi connectivity index (χ0n) is 11.6. The maximum absolute atomic E-state index is 11.8. The summed E-state index contributed by atoms with van der Waals surface area (Å²) in [6.07, 6.45) is -1.05. The van der Waals surface area contributed by atoms with Crippen LogP contribution in [0.3, 0.4) is 0 Å². The van der Waals surface area contributed by atoms with E-state index in [1.54, 1.807) is 26.8 Å². The van der Waals surface area contributed by atoms with Crippen LogP contribution in [0.5, 0.6) is 11.5 Å². The molecule has 1 unspecified atom stereocenters. The van der Waals surface area contributed by atoms with Gasteiger partial charge in [0.2, 0.25) is 0 Å². The molecule has 0 aliphatic heterocycles. The molecule has 106 valence electrons. The number of aliphatic hydroxyl groups excluding tert-OH is 1. The van der Waals surface area contributed by atoms with Gasteiger partial charge in [-0.25, -0.2) is 0 Å². The van der Waals surface area contributed by atoms with Crippen molar-refractivity contribution in [2.24, 2.45) is 5.41 Å². The van der Waals surface area contributed by atoms with Crippen molar-refractivity contribution in [3.05, 3.63) is 23.8 Å². The minimum Gasteiger partial charge on any atom is -0.504 e. The molecule has 0 spiro atoms. The highest BCUT2D eigenvalue weighted by molar-refractivity contribution is 5.77. The number of rotatable bonds is 5. The number of phenolic OH excluding ortho intramolecular Hbond substituents is 1. The summed E-state index contributed by atoms with van der Waals surface area (Å²) in [6.45, 7) is 5.18. The maximum Gasteiger partial charge on any atom is 0.314 e. The predicted octanol–water partition coefficient (Wildman–Crippen LogP) is 2.02. The molecule has 2 N–H and O–H groups in total. The van der Waals surface area contributed by atoms with E-state index in [2.05, 4.69) is 0 Å². The fourth-order valence-electron chi connectivity index (χ4n) is 1.71. The summed E-state index contributed by atoms with van der Waals surface area (Å²) in [7, 11) is 1.42. The van der Waals surface area contributed by atoms with Gasteiger partial charge < -0.3 is 19.7 Å². The molecule has 19 heavy (non-hydrogen) atoms. The third-order valence-corrected chi connectivity index (χ3v) is 3.00. The van der Waals surface area contributed by atoms with E-state index in [1.165, 1.54) is 19.2 Å². The number of hydrogen-bond donors (Lipinski definition) is 2. The van der Waals surface area contributed by atoms with Gasteiger partial charge in [0, 0.05) is 0 Å². The van der Waals surface area contributed by atoms with Gasteiger partial charge in [-0.15, -0.1) is 0 Å². The third-order valence-electron chi connectivity index (χ3n) is 3.00. The number of aromatic hydroxyl groups is 1. The van der Waals surface area contributed by atoms with E-state index >= 15 is 0 Å². The summed E-state index contributed by atoms with van der Waals surface area (Å²) in [5.74, 6) is -0.252. The molecule has 0 radical (unpaired) electrons. The van der Waals surface area contributed by atoms with E-state index in [0.29, 0.717) is 5.56 Å². The van der Waals surface area contributed by atoms with Gasteiger partial charge in [-0.2, -0.15) is 0 Å². The fraction of sp³-hybridized carbons (Fsp3) is 0.500. The lowest BCUT2D eigenvalue weighted by Crippen LogP contribution is -2.33. The SMILES string of the molecule is CCOC(=O)C(C)(C)C(O)c1ccc(O)c(OC)c1. The Kier molecular flexibility index (Phi) is 4.78. The summed E-state index contributed by atoms with van der Waals surface area (Å²) >= 11 is 0. The van der Waals surface area contributed by atoms with Crippen LogP contribution in [0, 0.1) is 5.41 Å². The average Bonchev–Trinajstić information content (AvgIpc) is 2.38. The summed E-state index contributed by atoms with van der Waals surface area (Å²) in [4.78, 5) is 11.8. The second-order valence-corrected chi connectivity index (χ2v) is 4.78. The Morgan fingerprint density at radius 3 is 2.58 bits per heavy atom. The van der Waals surface area contributed by atoms with Crippen LogP contribution in [0.1, 0.15) is 32.4 Å². The lowest BCUT2D eigenvalue weighted by Gasteiger charge is -2.28. The molecule has 5 nitrogen and oxygen atoms in total. The van der Waals surface area contributed by atoms with Gasteiger partial charge in [0.15, 0.2) is 11.5 Å². The molecule has 0 aliphatic carbocycles. The topological polar surface area (TPSA) is 76.0 Å². The van der Waals surface area contributed by atoms with Crippen LogP contribution in [0.4, 0.5) is 0 Å². The van der Waals surface area contributed by atoms with Crippen molar-refractivity contribution in [1.82, 2.24) is 0 Å². The van der Waals surface area contributed by atoms with Crippen LogP contribution in [0.25, 0.3) is 0 Å². The Bertz CT molecular complexity index is 453. The van der Waals surface area contributed by atoms with Gasteiger partial charge in [-0.1, -0.05) is 6.07 Å². The van der Waals surface area contributed by atoms with E-state index in [0.717, 1.165) is 0 Å². The zero-order chi connectivity index (χ0) is 14.6. The van der Waals surface area contributed by atoms with Gasteiger partial charge >= 0.3 is 5.97 Å². The van der Waals surface area contributed by atoms with Crippen molar-refractivity contribution in [2.75, 3.05) is 13.7 Å². The molecular weight excluding hydrogens is 248 g/mol. The molecule has 1 aromatic carbocycles. The number of methoxy groups -OCH3 is 1. The van der Waals surface area contributed by atoms with E-state index in [4.69, 9.17) is 9.47 Å². The van der Waals surface area contributed by atoms with Crippen molar-refractivity contribution in [3.63, 3.8) is 0 Å². The van der Waals surface area contributed by atoms with Crippen LogP contribution in [0.15, 0.2) is 18.2 Å². The van der Waals surface area contributed by atoms with Crippen LogP contribution in [-0.4, -0.2) is 29.9 Å². The fourth-order valence-corrected chi connectivity index (χ4v) is 1.71. The quantitative estimate of drug-likeness (QED) is 0.799. The van der Waals surface area contributed by atoms with Crippen LogP contribution in [0.2, 0.25) is 0 Å². The number of carbonyl (C=O) groups excluding carboxylic acids is 1. The second-order valence-electron chi connectivity index (χ2n) is 4.78. The molecule has 1 aromatic rings. The second kappa shape index (κ2) is 5.93. The number of aliphatic hydroxyl groups is 1. The van der Waals surface area contributed by atoms with Crippen molar-refractivity contribution >= 4 is 5.97 Å². The van der Waals surface area contributed by atoms with Crippen molar-refractivity contribution < 1.29 is 24.5 Å². The van der Waals surface area contributed by atoms with Gasteiger partial charge in [-0.05, 0) is 38.5 Å². The lowest BCUT2D eigenvalue weighted by atomic mass is 9.82. The van der Waals surface area contributed by atoms with Crippen molar-refractivity contribution in [3.8, 4) is 11.5 Å². The molecule has 1 atom stereocenters. The number of benzene rings is 1. The maximum atomic E-state index is 11.8. The number of esters is 1. The number of ether oxygens (including phenoxy) is 2. The van der Waals surface area contributed by atoms with E-state index in [-0.39, 0.29) is 18.1 Å². The third kappa shape index (κ3) is 3.17. The Morgan fingerprint density at radius 2 is 2.05 bits per heavy atom. The van der Waals surface area contributed by atoms with Crippen molar-refractivity contribution in [2.45, 2.75) is 26.9 Å². The molecule has 0 saturated carbocycles. The number of hydrogen-bond acceptors (Lipinski definition) is 5. The van der Waals surface area contributed by atoms with E-state index in [1.807, 2.05) is 0 Å². The Morgan fingerprint density at radius 1 is 1.42 bits per heavy atom. The molecule has 0 heterocycles. The number of phenols is 1. The monoisotopic (exact) mass is 268 g/mol. The Balaban J connectivity index is 3.05. The predicted molar refractivity (Wildman–Crippen MR) is 70.0 cm³/mol. The molecule has 0 saturated heterocycles. The molecule has 0 aromatic heterocycles. The summed E-state index contributed by atoms with van der Waals surface area (Å²) in [5.41, 5.74) is -0.606. The Hall–Kier alpha value is -1.75. The first kappa shape index (κ1) is 15.3. The molecule has 0 fully saturated rings. The molecular formula is C14H20O5. The summed E-state index contributed by atoms with van der Waals surface area (Å²) < 4.78 is 9.93. The van der Waals surface area contributed by atoms with Gasteiger partial charge in [0.05, 0.1) is 25.2 Å². The molecule has 1 rings (SSSR count). The first-order valence-electron chi connectivity index (χ1n) is 6.06. The molecule has 0 bridgehead atoms. The number of carbonyl (C=O) groups is 1. The largest absolute Gasteiger partial charge is 0.504 e. The first-order chi connectivity index (χ1) is 8.84. The first-order valence-corrected chi connectivity index (χ1v) is 6.06. The van der Waals surface area contributed by atoms with Crippen molar-refractivity contribution in [1.29, 1.82) is 0 Å². The van der Waals surface area contributed by atoms with Crippen LogP contribution >= 0.6 is 0 Å². The van der Waals surface area contributed by atoms with Crippen LogP contribution in [-0.2, 0) is 9.53 Å². The highest BCUT2D eigenvalue weighted by atomic mass is 16.5. The van der Waals surface area contributed by atoms with Crippen LogP contribution < -0.4 is 4.74 Å². The minimum atomic E-state index is -1.09. The van der Waals surface area contributed by atoms with E-state index in [9.17, 15) is 15.0 Å². The highest BCUT2D eigenvalue weighted by Crippen LogP contribution is 2.37. The highest BCUT2D eigenvalue weighted by Gasteiger charge is 2.38. The standard InChI is InChI=1S/C14H20O5/c1-5-19-13(17)14(2,3)12(16)9-6-7-10(15)11(8-9)18-4/h6-8,12,15-16H,5H2,1-4H3. The summed E-state index contributed by atoms with van der Waals surface area (Å²) in [6, 6.07) is 4.46. The minimum absolute atomic E-state index is 0.0209. The smallest absolute Gasteiger partial charge is 0.314 e. The van der Waals surface area contributed by atoms with Gasteiger partial charge in [-0.3, -0.25) is 4.79 Å². The average molecular weight is 268 g/mol. The lowest BCUT2D eigenvalue weighted by molar-refractivity contribution is -0.160. The molecule has 5 heteroatoms. The molecule has 0 aliphatic rings. The summed E-state index contributed by atoms with van der Waals surface area (Å²) in [5, 5.41) is 19.8. The van der Waals surface area contributed by atoms with Gasteiger partial charge in [0.1, 0.15) is 0 Å². The zero-order valence-corrected chi connectivity index (χ0v) is 11.6.